The fraction of sp³-hybridized carbons (Fsp3) is 0.647. The molecule has 0 spiro atoms. The number of ketones is 1. The summed E-state index contributed by atoms with van der Waals surface area (Å²) >= 11 is 0. The van der Waals surface area contributed by atoms with Gasteiger partial charge in [-0.15, -0.1) is 0 Å². The SMILES string of the molecule is Cc1c(C(=O)N2C[C@@H](CS(=O)(=O)N(C)C)[C@H](O)C2)[nH]c2c1C(=O)CCC2. The monoisotopic (exact) mass is 383 g/mol. The number of aromatic nitrogens is 1. The number of hydrogen-bond donors (Lipinski definition) is 2. The first-order valence-electron chi connectivity index (χ1n) is 8.74. The second-order valence-corrected chi connectivity index (χ2v) is 9.58. The van der Waals surface area contributed by atoms with Crippen LogP contribution in [0.25, 0.3) is 0 Å². The maximum Gasteiger partial charge on any atom is 0.270 e. The highest BCUT2D eigenvalue weighted by atomic mass is 32.2. The molecule has 2 N–H and O–H groups in total. The van der Waals surface area contributed by atoms with E-state index in [1.54, 1.807) is 6.92 Å². The Labute approximate surface area is 153 Å². The Kier molecular flexibility index (Phi) is 4.98. The molecule has 2 aliphatic rings. The second-order valence-electron chi connectivity index (χ2n) is 7.35. The molecule has 1 amide bonds. The van der Waals surface area contributed by atoms with Gasteiger partial charge in [0, 0.05) is 50.8 Å². The van der Waals surface area contributed by atoms with Crippen LogP contribution >= 0.6 is 0 Å². The molecule has 9 heteroatoms. The molecule has 8 nitrogen and oxygen atoms in total. The van der Waals surface area contributed by atoms with Gasteiger partial charge < -0.3 is 15.0 Å². The standard InChI is InChI=1S/C17H25N3O5S/c1-10-15-12(5-4-6-13(15)21)18-16(10)17(23)20-7-11(14(22)8-20)9-26(24,25)19(2)3/h11,14,18,22H,4-9H2,1-3H3/t11-,14+/m0/s1. The van der Waals surface area contributed by atoms with E-state index in [0.29, 0.717) is 23.2 Å². The van der Waals surface area contributed by atoms with Gasteiger partial charge in [0.2, 0.25) is 10.0 Å². The quantitative estimate of drug-likeness (QED) is 0.770. The number of Topliss-reactive ketones (excluding diaryl/α,β-unsaturated/α-hetero) is 1. The van der Waals surface area contributed by atoms with E-state index in [9.17, 15) is 23.1 Å². The number of carbonyl (C=O) groups is 2. The number of amides is 1. The number of aromatic amines is 1. The Morgan fingerprint density at radius 1 is 1.31 bits per heavy atom. The second kappa shape index (κ2) is 6.79. The lowest BCUT2D eigenvalue weighted by Gasteiger charge is -2.18. The van der Waals surface area contributed by atoms with E-state index in [1.807, 2.05) is 0 Å². The summed E-state index contributed by atoms with van der Waals surface area (Å²) in [7, 11) is -0.567. The number of carbonyl (C=O) groups excluding carboxylic acids is 2. The first-order chi connectivity index (χ1) is 12.1. The number of H-pyrrole nitrogens is 1. The summed E-state index contributed by atoms with van der Waals surface area (Å²) in [4.78, 5) is 29.6. The molecule has 0 bridgehead atoms. The van der Waals surface area contributed by atoms with E-state index in [-0.39, 0.29) is 30.5 Å². The fourth-order valence-corrected chi connectivity index (χ4v) is 4.92. The van der Waals surface area contributed by atoms with Crippen LogP contribution in [-0.4, -0.2) is 78.4 Å². The van der Waals surface area contributed by atoms with Crippen LogP contribution in [0, 0.1) is 12.8 Å². The van der Waals surface area contributed by atoms with E-state index >= 15 is 0 Å². The van der Waals surface area contributed by atoms with Crippen LogP contribution in [0.5, 0.6) is 0 Å². The molecule has 144 valence electrons. The molecule has 2 atom stereocenters. The van der Waals surface area contributed by atoms with E-state index < -0.39 is 22.0 Å². The third kappa shape index (κ3) is 3.30. The topological polar surface area (TPSA) is 111 Å². The number of nitrogens with one attached hydrogen (secondary N) is 1. The predicted octanol–water partition coefficient (Wildman–Crippen LogP) is 0.166. The summed E-state index contributed by atoms with van der Waals surface area (Å²) in [6.45, 7) is 2.01. The van der Waals surface area contributed by atoms with Crippen molar-refractivity contribution in [3.05, 3.63) is 22.5 Å². The summed E-state index contributed by atoms with van der Waals surface area (Å²) < 4.78 is 25.3. The number of sulfonamides is 1. The van der Waals surface area contributed by atoms with Crippen LogP contribution in [0.2, 0.25) is 0 Å². The Balaban J connectivity index is 1.79. The number of aliphatic hydroxyl groups is 1. The Morgan fingerprint density at radius 3 is 2.62 bits per heavy atom. The lowest BCUT2D eigenvalue weighted by Crippen LogP contribution is -2.33. The highest BCUT2D eigenvalue weighted by Gasteiger charge is 2.39. The molecular formula is C17H25N3O5S. The third-order valence-electron chi connectivity index (χ3n) is 5.33. The van der Waals surface area contributed by atoms with Crippen LogP contribution in [0.15, 0.2) is 0 Å². The maximum atomic E-state index is 12.9. The zero-order chi connectivity index (χ0) is 19.2. The highest BCUT2D eigenvalue weighted by Crippen LogP contribution is 2.29. The molecule has 1 aliphatic carbocycles. The lowest BCUT2D eigenvalue weighted by molar-refractivity contribution is 0.0758. The van der Waals surface area contributed by atoms with Crippen molar-refractivity contribution in [3.8, 4) is 0 Å². The minimum Gasteiger partial charge on any atom is -0.391 e. The van der Waals surface area contributed by atoms with Crippen LogP contribution in [0.1, 0.15) is 44.9 Å². The van der Waals surface area contributed by atoms with Gasteiger partial charge in [-0.3, -0.25) is 9.59 Å². The van der Waals surface area contributed by atoms with Gasteiger partial charge in [-0.05, 0) is 25.3 Å². The number of aryl methyl sites for hydroxylation is 1. The normalized spacial score (nSPS) is 23.6. The first-order valence-corrected chi connectivity index (χ1v) is 10.3. The number of hydrogen-bond acceptors (Lipinski definition) is 5. The van der Waals surface area contributed by atoms with Crippen molar-refractivity contribution in [1.82, 2.24) is 14.2 Å². The van der Waals surface area contributed by atoms with Gasteiger partial charge in [0.15, 0.2) is 5.78 Å². The molecule has 1 aliphatic heterocycles. The van der Waals surface area contributed by atoms with Crippen molar-refractivity contribution in [1.29, 1.82) is 0 Å². The molecule has 1 aromatic rings. The van der Waals surface area contributed by atoms with Crippen molar-refractivity contribution >= 4 is 21.7 Å². The van der Waals surface area contributed by atoms with Crippen molar-refractivity contribution in [3.63, 3.8) is 0 Å². The number of rotatable bonds is 4. The zero-order valence-electron chi connectivity index (χ0n) is 15.3. The summed E-state index contributed by atoms with van der Waals surface area (Å²) in [6, 6.07) is 0. The Hall–Kier alpha value is -1.71. The summed E-state index contributed by atoms with van der Waals surface area (Å²) in [5, 5.41) is 10.2. The zero-order valence-corrected chi connectivity index (χ0v) is 16.1. The number of aliphatic hydroxyl groups excluding tert-OH is 1. The average molecular weight is 383 g/mol. The van der Waals surface area contributed by atoms with E-state index in [1.165, 1.54) is 19.0 Å². The van der Waals surface area contributed by atoms with Crippen molar-refractivity contribution in [2.45, 2.75) is 32.3 Å². The largest absolute Gasteiger partial charge is 0.391 e. The lowest BCUT2D eigenvalue weighted by atomic mass is 9.94. The van der Waals surface area contributed by atoms with Crippen LogP contribution < -0.4 is 0 Å². The summed E-state index contributed by atoms with van der Waals surface area (Å²) in [6.07, 6.45) is 1.11. The van der Waals surface area contributed by atoms with Crippen molar-refractivity contribution in [2.24, 2.45) is 5.92 Å². The van der Waals surface area contributed by atoms with Gasteiger partial charge in [0.05, 0.1) is 11.9 Å². The number of fused-ring (bicyclic) bond motifs is 1. The molecule has 0 aromatic carbocycles. The van der Waals surface area contributed by atoms with Gasteiger partial charge in [-0.2, -0.15) is 0 Å². The minimum atomic E-state index is -3.46. The smallest absolute Gasteiger partial charge is 0.270 e. The fourth-order valence-electron chi connectivity index (χ4n) is 3.75. The van der Waals surface area contributed by atoms with Crippen molar-refractivity contribution < 1.29 is 23.1 Å². The molecule has 0 saturated carbocycles. The molecule has 0 radical (unpaired) electrons. The molecule has 2 heterocycles. The van der Waals surface area contributed by atoms with E-state index in [4.69, 9.17) is 0 Å². The Morgan fingerprint density at radius 2 is 2.00 bits per heavy atom. The average Bonchev–Trinajstić information content (AvgIpc) is 3.08. The van der Waals surface area contributed by atoms with Crippen LogP contribution in [0.3, 0.4) is 0 Å². The molecule has 1 fully saturated rings. The van der Waals surface area contributed by atoms with E-state index in [0.717, 1.165) is 22.8 Å². The number of likely N-dealkylation sites (tertiary alicyclic amines) is 1. The number of β-amino-alcohol motifs (C(OH)–C–C–N with tert-alkyl or cyclic N) is 1. The van der Waals surface area contributed by atoms with Crippen LogP contribution in [-0.2, 0) is 16.4 Å². The van der Waals surface area contributed by atoms with Crippen molar-refractivity contribution in [2.75, 3.05) is 32.9 Å². The molecule has 3 rings (SSSR count). The van der Waals surface area contributed by atoms with Gasteiger partial charge in [0.25, 0.3) is 5.91 Å². The van der Waals surface area contributed by atoms with Gasteiger partial charge in [0.1, 0.15) is 5.69 Å². The van der Waals surface area contributed by atoms with Gasteiger partial charge in [-0.1, -0.05) is 0 Å². The molecular weight excluding hydrogens is 358 g/mol. The predicted molar refractivity (Wildman–Crippen MR) is 95.7 cm³/mol. The van der Waals surface area contributed by atoms with E-state index in [2.05, 4.69) is 4.98 Å². The van der Waals surface area contributed by atoms with Gasteiger partial charge in [-0.25, -0.2) is 12.7 Å². The van der Waals surface area contributed by atoms with Gasteiger partial charge >= 0.3 is 0 Å². The molecule has 1 saturated heterocycles. The molecule has 0 unspecified atom stereocenters. The maximum absolute atomic E-state index is 12.9. The van der Waals surface area contributed by atoms with Crippen LogP contribution in [0.4, 0.5) is 0 Å². The summed E-state index contributed by atoms with van der Waals surface area (Å²) in [5.41, 5.74) is 2.43. The third-order valence-corrected chi connectivity index (χ3v) is 7.29. The minimum absolute atomic E-state index is 0.0514. The molecule has 26 heavy (non-hydrogen) atoms. The molecule has 1 aromatic heterocycles. The highest BCUT2D eigenvalue weighted by molar-refractivity contribution is 7.89. The number of nitrogens with zero attached hydrogens (tertiary/aromatic N) is 2. The first kappa shape index (κ1) is 19.1. The Bertz CT molecular complexity index is 843. The summed E-state index contributed by atoms with van der Waals surface area (Å²) in [5.74, 6) is -0.981.